The minimum atomic E-state index is -0.0234. The van der Waals surface area contributed by atoms with E-state index in [1.165, 1.54) is 30.2 Å². The molecule has 106 valence electrons. The third kappa shape index (κ3) is 3.40. The Hall–Kier alpha value is -1.80. The van der Waals surface area contributed by atoms with E-state index < -0.39 is 0 Å². The highest BCUT2D eigenvalue weighted by Gasteiger charge is 2.12. The number of hydrogen-bond donors (Lipinski definition) is 1. The molecule has 1 aromatic carbocycles. The molecule has 0 fully saturated rings. The van der Waals surface area contributed by atoms with Crippen molar-refractivity contribution in [2.75, 3.05) is 25.7 Å². The number of ketones is 1. The molecule has 8 heteroatoms. The molecule has 20 heavy (non-hydrogen) atoms. The molecular weight excluding hydrogens is 298 g/mol. The van der Waals surface area contributed by atoms with Gasteiger partial charge in [0.15, 0.2) is 21.6 Å². The molecule has 6 nitrogen and oxygen atoms in total. The third-order valence-corrected chi connectivity index (χ3v) is 4.34. The van der Waals surface area contributed by atoms with Crippen molar-refractivity contribution in [3.63, 3.8) is 0 Å². The first-order chi connectivity index (χ1) is 9.63. The summed E-state index contributed by atoms with van der Waals surface area (Å²) in [6.45, 7) is 0. The van der Waals surface area contributed by atoms with Crippen molar-refractivity contribution in [1.29, 1.82) is 0 Å². The summed E-state index contributed by atoms with van der Waals surface area (Å²) < 4.78 is 11.0. The quantitative estimate of drug-likeness (QED) is 0.645. The number of nitrogens with two attached hydrogens (primary N) is 1. The molecule has 0 saturated heterocycles. The maximum Gasteiger partial charge on any atom is 0.203 e. The average molecular weight is 311 g/mol. The fourth-order valence-electron chi connectivity index (χ4n) is 1.50. The topological polar surface area (TPSA) is 87.3 Å². The molecule has 0 saturated carbocycles. The monoisotopic (exact) mass is 311 g/mol. The van der Waals surface area contributed by atoms with Gasteiger partial charge in [-0.2, -0.15) is 0 Å². The molecule has 0 unspecified atom stereocenters. The summed E-state index contributed by atoms with van der Waals surface area (Å²) in [4.78, 5) is 12.1. The number of carbonyl (C=O) groups excluding carboxylic acids is 1. The first kappa shape index (κ1) is 14.6. The average Bonchev–Trinajstić information content (AvgIpc) is 2.89. The van der Waals surface area contributed by atoms with Gasteiger partial charge in [-0.05, 0) is 18.2 Å². The first-order valence-corrected chi connectivity index (χ1v) is 7.41. The largest absolute Gasteiger partial charge is 0.493 e. The zero-order chi connectivity index (χ0) is 14.5. The SMILES string of the molecule is COc1ccc(C(=O)CSc2nnc(N)s2)cc1OC. The van der Waals surface area contributed by atoms with Crippen LogP contribution in [0.2, 0.25) is 0 Å². The Morgan fingerprint density at radius 1 is 1.30 bits per heavy atom. The number of anilines is 1. The number of aromatic nitrogens is 2. The second-order valence-corrected chi connectivity index (χ2v) is 5.92. The Labute approximate surface area is 124 Å². The van der Waals surface area contributed by atoms with Crippen molar-refractivity contribution < 1.29 is 14.3 Å². The summed E-state index contributed by atoms with van der Waals surface area (Å²) >= 11 is 2.57. The summed E-state index contributed by atoms with van der Waals surface area (Å²) in [7, 11) is 3.08. The molecule has 0 aliphatic rings. The van der Waals surface area contributed by atoms with Crippen molar-refractivity contribution in [2.24, 2.45) is 0 Å². The number of nitrogen functional groups attached to an aromatic ring is 1. The number of Topliss-reactive ketones (excluding diaryl/α,β-unsaturated/α-hetero) is 1. The van der Waals surface area contributed by atoms with Crippen LogP contribution in [0.4, 0.5) is 5.13 Å². The van der Waals surface area contributed by atoms with E-state index in [0.29, 0.717) is 26.5 Å². The lowest BCUT2D eigenvalue weighted by atomic mass is 10.1. The van der Waals surface area contributed by atoms with Crippen LogP contribution in [0.5, 0.6) is 11.5 Å². The maximum absolute atomic E-state index is 12.1. The van der Waals surface area contributed by atoms with Crippen LogP contribution in [-0.4, -0.2) is 36.0 Å². The van der Waals surface area contributed by atoms with Crippen LogP contribution in [-0.2, 0) is 0 Å². The molecule has 0 radical (unpaired) electrons. The van der Waals surface area contributed by atoms with Crippen LogP contribution < -0.4 is 15.2 Å². The summed E-state index contributed by atoms with van der Waals surface area (Å²) in [5.74, 6) is 1.37. The van der Waals surface area contributed by atoms with E-state index in [0.717, 1.165) is 0 Å². The Bertz CT molecular complexity index is 616. The van der Waals surface area contributed by atoms with Crippen molar-refractivity contribution in [3.05, 3.63) is 23.8 Å². The van der Waals surface area contributed by atoms with E-state index in [2.05, 4.69) is 10.2 Å². The lowest BCUT2D eigenvalue weighted by molar-refractivity contribution is 0.102. The van der Waals surface area contributed by atoms with E-state index in [1.54, 1.807) is 25.3 Å². The second-order valence-electron chi connectivity index (χ2n) is 3.69. The molecular formula is C12H13N3O3S2. The summed E-state index contributed by atoms with van der Waals surface area (Å²) in [5.41, 5.74) is 6.04. The second kappa shape index (κ2) is 6.58. The Morgan fingerprint density at radius 3 is 2.65 bits per heavy atom. The Balaban J connectivity index is 2.05. The molecule has 0 aliphatic heterocycles. The number of rotatable bonds is 6. The zero-order valence-corrected chi connectivity index (χ0v) is 12.6. The first-order valence-electron chi connectivity index (χ1n) is 5.61. The normalized spacial score (nSPS) is 10.3. The van der Waals surface area contributed by atoms with Crippen LogP contribution in [0.1, 0.15) is 10.4 Å². The van der Waals surface area contributed by atoms with E-state index in [4.69, 9.17) is 15.2 Å². The van der Waals surface area contributed by atoms with E-state index in [-0.39, 0.29) is 11.5 Å². The molecule has 0 amide bonds. The lowest BCUT2D eigenvalue weighted by Crippen LogP contribution is -2.03. The number of methoxy groups -OCH3 is 2. The molecule has 2 N–H and O–H groups in total. The van der Waals surface area contributed by atoms with Gasteiger partial charge in [0.2, 0.25) is 5.13 Å². The van der Waals surface area contributed by atoms with Gasteiger partial charge in [-0.15, -0.1) is 10.2 Å². The molecule has 0 spiro atoms. The van der Waals surface area contributed by atoms with Gasteiger partial charge in [0.05, 0.1) is 20.0 Å². The number of hydrogen-bond acceptors (Lipinski definition) is 8. The highest BCUT2D eigenvalue weighted by atomic mass is 32.2. The minimum Gasteiger partial charge on any atom is -0.493 e. The Morgan fingerprint density at radius 2 is 2.05 bits per heavy atom. The zero-order valence-electron chi connectivity index (χ0n) is 11.0. The summed E-state index contributed by atoms with van der Waals surface area (Å²) in [5, 5.41) is 7.94. The molecule has 0 atom stereocenters. The number of benzene rings is 1. The number of nitrogens with zero attached hydrogens (tertiary/aromatic N) is 2. The van der Waals surface area contributed by atoms with Gasteiger partial charge < -0.3 is 15.2 Å². The van der Waals surface area contributed by atoms with Gasteiger partial charge in [0.25, 0.3) is 0 Å². The van der Waals surface area contributed by atoms with Crippen LogP contribution >= 0.6 is 23.1 Å². The van der Waals surface area contributed by atoms with Gasteiger partial charge in [-0.25, -0.2) is 0 Å². The van der Waals surface area contributed by atoms with Gasteiger partial charge in [-0.3, -0.25) is 4.79 Å². The summed E-state index contributed by atoms with van der Waals surface area (Å²) in [6, 6.07) is 5.08. The van der Waals surface area contributed by atoms with E-state index in [9.17, 15) is 4.79 Å². The fourth-order valence-corrected chi connectivity index (χ4v) is 3.03. The van der Waals surface area contributed by atoms with Gasteiger partial charge in [0, 0.05) is 5.56 Å². The Kier molecular flexibility index (Phi) is 4.80. The molecule has 2 aromatic rings. The van der Waals surface area contributed by atoms with Crippen LogP contribution in [0, 0.1) is 0 Å². The number of carbonyl (C=O) groups is 1. The van der Waals surface area contributed by atoms with Gasteiger partial charge >= 0.3 is 0 Å². The number of thioether (sulfide) groups is 1. The fraction of sp³-hybridized carbons (Fsp3) is 0.250. The lowest BCUT2D eigenvalue weighted by Gasteiger charge is -2.08. The van der Waals surface area contributed by atoms with E-state index >= 15 is 0 Å². The molecule has 1 heterocycles. The van der Waals surface area contributed by atoms with Crippen LogP contribution in [0.25, 0.3) is 0 Å². The molecule has 0 bridgehead atoms. The number of ether oxygens (including phenoxy) is 2. The van der Waals surface area contributed by atoms with Crippen molar-refractivity contribution in [1.82, 2.24) is 10.2 Å². The predicted octanol–water partition coefficient (Wildman–Crippen LogP) is 2.11. The highest BCUT2D eigenvalue weighted by molar-refractivity contribution is 8.01. The van der Waals surface area contributed by atoms with Crippen molar-refractivity contribution >= 4 is 34.0 Å². The molecule has 0 aliphatic carbocycles. The van der Waals surface area contributed by atoms with Crippen LogP contribution in [0.3, 0.4) is 0 Å². The molecule has 1 aromatic heterocycles. The van der Waals surface area contributed by atoms with Crippen molar-refractivity contribution in [3.8, 4) is 11.5 Å². The van der Waals surface area contributed by atoms with Gasteiger partial charge in [0.1, 0.15) is 0 Å². The highest BCUT2D eigenvalue weighted by Crippen LogP contribution is 2.29. The standard InChI is InChI=1S/C12H13N3O3S2/c1-17-9-4-3-7(5-10(9)18-2)8(16)6-19-12-15-14-11(13)20-12/h3-5H,6H2,1-2H3,(H2,13,14). The maximum atomic E-state index is 12.1. The predicted molar refractivity (Wildman–Crippen MR) is 78.9 cm³/mol. The minimum absolute atomic E-state index is 0.0234. The van der Waals surface area contributed by atoms with Gasteiger partial charge in [-0.1, -0.05) is 23.1 Å². The summed E-state index contributed by atoms with van der Waals surface area (Å²) in [6.07, 6.45) is 0. The van der Waals surface area contributed by atoms with E-state index in [1.807, 2.05) is 0 Å². The molecule has 2 rings (SSSR count). The third-order valence-electron chi connectivity index (χ3n) is 2.45. The smallest absolute Gasteiger partial charge is 0.203 e. The van der Waals surface area contributed by atoms with Crippen LogP contribution in [0.15, 0.2) is 22.5 Å². The van der Waals surface area contributed by atoms with Crippen molar-refractivity contribution in [2.45, 2.75) is 4.34 Å².